The third-order valence-electron chi connectivity index (χ3n) is 8.74. The number of nitrogens with two attached hydrogens (primary N) is 1. The molecule has 50 heavy (non-hydrogen) atoms. The van der Waals surface area contributed by atoms with Crippen LogP contribution < -0.4 is 11.1 Å². The first-order chi connectivity index (χ1) is 24.3. The molecule has 0 aliphatic rings. The SMILES string of the molecule is CCCCCCCCC/C=C\CCCCCC(O)CC(=O)NC(COP(=O)(O)OCCN)C(O)/C=C/CC/C=C/CCCCCCCCCC. The minimum absolute atomic E-state index is 0.0426. The lowest BCUT2D eigenvalue weighted by atomic mass is 10.1. The smallest absolute Gasteiger partial charge is 0.393 e. The first kappa shape index (κ1) is 48.7. The number of hydrogen-bond acceptors (Lipinski definition) is 7. The topological polar surface area (TPSA) is 151 Å². The molecule has 4 unspecified atom stereocenters. The molecule has 0 aromatic heterocycles. The van der Waals surface area contributed by atoms with E-state index >= 15 is 0 Å². The van der Waals surface area contributed by atoms with E-state index in [1.807, 2.05) is 6.08 Å². The van der Waals surface area contributed by atoms with E-state index in [0.717, 1.165) is 44.9 Å². The molecule has 9 nitrogen and oxygen atoms in total. The summed E-state index contributed by atoms with van der Waals surface area (Å²) in [6, 6.07) is -1.00. The first-order valence-corrected chi connectivity index (χ1v) is 21.7. The summed E-state index contributed by atoms with van der Waals surface area (Å²) in [5.41, 5.74) is 5.35. The van der Waals surface area contributed by atoms with Crippen LogP contribution in [-0.4, -0.2) is 59.0 Å². The van der Waals surface area contributed by atoms with Crippen molar-refractivity contribution in [2.45, 2.75) is 193 Å². The third kappa shape index (κ3) is 33.8. The molecule has 0 fully saturated rings. The summed E-state index contributed by atoms with van der Waals surface area (Å²) in [7, 11) is -4.40. The van der Waals surface area contributed by atoms with E-state index in [-0.39, 0.29) is 19.6 Å². The predicted molar refractivity (Wildman–Crippen MR) is 209 cm³/mol. The van der Waals surface area contributed by atoms with E-state index in [0.29, 0.717) is 12.8 Å². The van der Waals surface area contributed by atoms with Crippen molar-refractivity contribution in [3.63, 3.8) is 0 Å². The molecular formula is C40H77N2O7P. The Balaban J connectivity index is 4.47. The van der Waals surface area contributed by atoms with Gasteiger partial charge >= 0.3 is 7.82 Å². The summed E-state index contributed by atoms with van der Waals surface area (Å²) >= 11 is 0. The average molecular weight is 729 g/mol. The molecule has 10 heteroatoms. The highest BCUT2D eigenvalue weighted by molar-refractivity contribution is 7.47. The van der Waals surface area contributed by atoms with Crippen LogP contribution in [0.1, 0.15) is 174 Å². The lowest BCUT2D eigenvalue weighted by Gasteiger charge is -2.24. The van der Waals surface area contributed by atoms with Gasteiger partial charge in [0.15, 0.2) is 0 Å². The van der Waals surface area contributed by atoms with Gasteiger partial charge in [0.1, 0.15) is 0 Å². The summed E-state index contributed by atoms with van der Waals surface area (Å²) in [6.07, 6.45) is 38.0. The van der Waals surface area contributed by atoms with Gasteiger partial charge in [0.2, 0.25) is 5.91 Å². The van der Waals surface area contributed by atoms with E-state index in [1.54, 1.807) is 6.08 Å². The van der Waals surface area contributed by atoms with E-state index in [4.69, 9.17) is 14.8 Å². The Hall–Kier alpha value is -1.32. The van der Waals surface area contributed by atoms with Gasteiger partial charge in [0.25, 0.3) is 0 Å². The number of aliphatic hydroxyl groups is 2. The van der Waals surface area contributed by atoms with Crippen molar-refractivity contribution in [1.29, 1.82) is 0 Å². The molecule has 0 saturated carbocycles. The van der Waals surface area contributed by atoms with E-state index < -0.39 is 38.6 Å². The molecule has 0 heterocycles. The molecule has 0 saturated heterocycles. The maximum atomic E-state index is 12.8. The van der Waals surface area contributed by atoms with Crippen molar-refractivity contribution in [3.05, 3.63) is 36.5 Å². The summed E-state index contributed by atoms with van der Waals surface area (Å²) < 4.78 is 22.0. The molecule has 294 valence electrons. The minimum Gasteiger partial charge on any atom is -0.393 e. The Bertz CT molecular complexity index is 899. The zero-order chi connectivity index (χ0) is 37.0. The van der Waals surface area contributed by atoms with Gasteiger partial charge in [-0.25, -0.2) is 4.57 Å². The number of hydrogen-bond donors (Lipinski definition) is 5. The summed E-state index contributed by atoms with van der Waals surface area (Å²) in [5, 5.41) is 23.9. The normalized spacial score (nSPS) is 15.2. The van der Waals surface area contributed by atoms with Crippen molar-refractivity contribution < 1.29 is 33.5 Å². The van der Waals surface area contributed by atoms with Gasteiger partial charge in [-0.2, -0.15) is 0 Å². The number of carbonyl (C=O) groups is 1. The molecule has 0 aromatic carbocycles. The second kappa shape index (κ2) is 36.1. The Labute approximate surface area is 306 Å². The lowest BCUT2D eigenvalue weighted by molar-refractivity contribution is -0.124. The van der Waals surface area contributed by atoms with Gasteiger partial charge in [0.05, 0.1) is 37.9 Å². The van der Waals surface area contributed by atoms with E-state index in [1.165, 1.54) is 96.3 Å². The minimum atomic E-state index is -4.40. The number of allylic oxidation sites excluding steroid dienone is 5. The fraction of sp³-hybridized carbons (Fsp3) is 0.825. The van der Waals surface area contributed by atoms with Crippen molar-refractivity contribution in [3.8, 4) is 0 Å². The molecule has 0 radical (unpaired) electrons. The van der Waals surface area contributed by atoms with Crippen LogP contribution in [0, 0.1) is 0 Å². The Kier molecular flexibility index (Phi) is 35.1. The summed E-state index contributed by atoms with van der Waals surface area (Å²) in [5.74, 6) is -0.466. The second-order valence-corrected chi connectivity index (χ2v) is 15.1. The van der Waals surface area contributed by atoms with Gasteiger partial charge in [-0.05, 0) is 57.8 Å². The molecule has 6 N–H and O–H groups in total. The third-order valence-corrected chi connectivity index (χ3v) is 9.73. The monoisotopic (exact) mass is 729 g/mol. The van der Waals surface area contributed by atoms with Crippen molar-refractivity contribution in [2.24, 2.45) is 5.73 Å². The van der Waals surface area contributed by atoms with Gasteiger partial charge in [-0.1, -0.05) is 147 Å². The number of unbranched alkanes of at least 4 members (excludes halogenated alkanes) is 19. The van der Waals surface area contributed by atoms with Gasteiger partial charge in [0, 0.05) is 6.54 Å². The van der Waals surface area contributed by atoms with Crippen LogP contribution in [-0.2, 0) is 18.4 Å². The van der Waals surface area contributed by atoms with Crippen LogP contribution in [0.3, 0.4) is 0 Å². The average Bonchev–Trinajstić information content (AvgIpc) is 3.09. The molecule has 4 atom stereocenters. The van der Waals surface area contributed by atoms with Crippen LogP contribution in [0.4, 0.5) is 0 Å². The highest BCUT2D eigenvalue weighted by atomic mass is 31.2. The fourth-order valence-corrected chi connectivity index (χ4v) is 6.41. The van der Waals surface area contributed by atoms with E-state index in [9.17, 15) is 24.5 Å². The molecule has 0 bridgehead atoms. The van der Waals surface area contributed by atoms with Crippen LogP contribution in [0.2, 0.25) is 0 Å². The van der Waals surface area contributed by atoms with Gasteiger partial charge in [-0.15, -0.1) is 0 Å². The van der Waals surface area contributed by atoms with Crippen molar-refractivity contribution >= 4 is 13.7 Å². The maximum absolute atomic E-state index is 12.8. The largest absolute Gasteiger partial charge is 0.472 e. The number of aliphatic hydroxyl groups excluding tert-OH is 2. The Morgan fingerprint density at radius 1 is 0.680 bits per heavy atom. The number of nitrogens with one attached hydrogen (secondary N) is 1. The fourth-order valence-electron chi connectivity index (χ4n) is 5.66. The second-order valence-electron chi connectivity index (χ2n) is 13.7. The van der Waals surface area contributed by atoms with Gasteiger partial charge in [-0.3, -0.25) is 13.8 Å². The van der Waals surface area contributed by atoms with Crippen LogP contribution >= 0.6 is 7.82 Å². The molecule has 0 aliphatic heterocycles. The Morgan fingerprint density at radius 2 is 1.14 bits per heavy atom. The van der Waals surface area contributed by atoms with Crippen molar-refractivity contribution in [1.82, 2.24) is 5.32 Å². The molecule has 0 rings (SSSR count). The number of rotatable bonds is 37. The zero-order valence-corrected chi connectivity index (χ0v) is 32.9. The molecule has 1 amide bonds. The summed E-state index contributed by atoms with van der Waals surface area (Å²) in [6.45, 7) is 3.92. The number of phosphoric ester groups is 1. The number of amides is 1. The lowest BCUT2D eigenvalue weighted by Crippen LogP contribution is -2.46. The van der Waals surface area contributed by atoms with Crippen LogP contribution in [0.5, 0.6) is 0 Å². The van der Waals surface area contributed by atoms with E-state index in [2.05, 4.69) is 43.5 Å². The molecule has 0 aromatic rings. The maximum Gasteiger partial charge on any atom is 0.472 e. The molecular weight excluding hydrogens is 651 g/mol. The van der Waals surface area contributed by atoms with Crippen LogP contribution in [0.15, 0.2) is 36.5 Å². The molecule has 0 aliphatic carbocycles. The van der Waals surface area contributed by atoms with Gasteiger partial charge < -0.3 is 26.2 Å². The number of phosphoric acid groups is 1. The van der Waals surface area contributed by atoms with Crippen LogP contribution in [0.25, 0.3) is 0 Å². The highest BCUT2D eigenvalue weighted by Crippen LogP contribution is 2.43. The van der Waals surface area contributed by atoms with Crippen molar-refractivity contribution in [2.75, 3.05) is 19.8 Å². The first-order valence-electron chi connectivity index (χ1n) is 20.2. The quantitative estimate of drug-likeness (QED) is 0.0241. The highest BCUT2D eigenvalue weighted by Gasteiger charge is 2.27. The predicted octanol–water partition coefficient (Wildman–Crippen LogP) is 9.75. The standard InChI is InChI=1S/C40H77N2O7P/c1-3-5-7-9-11-13-15-17-19-21-23-25-27-29-31-37(43)35-40(45)42-38(36-49-50(46,47)48-34-33-41)39(44)32-30-28-26-24-22-20-18-16-14-12-10-8-6-4-2/h19,21-22,24,30,32,37-39,43-44H,3-18,20,23,25-29,31,33-36,41H2,1-2H3,(H,42,45)(H,46,47)/b21-19-,24-22+,32-30+. The number of carbonyl (C=O) groups excluding carboxylic acids is 1. The zero-order valence-electron chi connectivity index (χ0n) is 32.0. The molecule has 0 spiro atoms. The Morgan fingerprint density at radius 3 is 1.66 bits per heavy atom. The summed E-state index contributed by atoms with van der Waals surface area (Å²) in [4.78, 5) is 22.7.